The SMILES string of the molecule is c1ccc(-c2ccc(N(c3ccccc3)c3cccc4c(-c5ccc(-c6nc(-c7ccccc7)nc(-c7ccc8ccccc8c7)n6)cc5)cc5c6ccccc6oc5c34)cc2)cc1. The third-order valence-corrected chi connectivity index (χ3v) is 12.1. The minimum Gasteiger partial charge on any atom is -0.455 e. The average molecular weight is 819 g/mol. The number of hydrogen-bond acceptors (Lipinski definition) is 5. The second-order valence-corrected chi connectivity index (χ2v) is 16.0. The molecule has 0 aliphatic rings. The van der Waals surface area contributed by atoms with Gasteiger partial charge in [-0.2, -0.15) is 0 Å². The zero-order valence-corrected chi connectivity index (χ0v) is 34.6. The molecule has 0 unspecified atom stereocenters. The van der Waals surface area contributed by atoms with E-state index in [-0.39, 0.29) is 0 Å². The lowest BCUT2D eigenvalue weighted by Crippen LogP contribution is -2.10. The summed E-state index contributed by atoms with van der Waals surface area (Å²) in [4.78, 5) is 17.5. The van der Waals surface area contributed by atoms with Crippen molar-refractivity contribution in [3.8, 4) is 56.4 Å². The lowest BCUT2D eigenvalue weighted by Gasteiger charge is -2.27. The molecule has 5 heteroatoms. The van der Waals surface area contributed by atoms with Gasteiger partial charge in [-0.25, -0.2) is 15.0 Å². The van der Waals surface area contributed by atoms with Crippen LogP contribution in [0.4, 0.5) is 17.1 Å². The normalized spacial score (nSPS) is 11.4. The summed E-state index contributed by atoms with van der Waals surface area (Å²) in [5.74, 6) is 1.88. The Labute approximate surface area is 370 Å². The van der Waals surface area contributed by atoms with Crippen LogP contribution < -0.4 is 4.90 Å². The molecule has 2 heterocycles. The van der Waals surface area contributed by atoms with Crippen molar-refractivity contribution < 1.29 is 4.42 Å². The zero-order valence-electron chi connectivity index (χ0n) is 34.6. The van der Waals surface area contributed by atoms with Crippen LogP contribution in [0.2, 0.25) is 0 Å². The molecule has 2 aromatic heterocycles. The Morgan fingerprint density at radius 2 is 0.844 bits per heavy atom. The highest BCUT2D eigenvalue weighted by atomic mass is 16.3. The summed E-state index contributed by atoms with van der Waals surface area (Å²) >= 11 is 0. The molecule has 12 aromatic rings. The summed E-state index contributed by atoms with van der Waals surface area (Å²) in [5.41, 5.74) is 12.1. The first kappa shape index (κ1) is 37.1. The predicted octanol–water partition coefficient (Wildman–Crippen LogP) is 15.9. The molecule has 0 saturated heterocycles. The van der Waals surface area contributed by atoms with Crippen molar-refractivity contribution in [3.05, 3.63) is 231 Å². The molecule has 0 radical (unpaired) electrons. The molecule has 12 rings (SSSR count). The monoisotopic (exact) mass is 818 g/mol. The summed E-state index contributed by atoms with van der Waals surface area (Å²) in [6.07, 6.45) is 0. The van der Waals surface area contributed by atoms with Gasteiger partial charge >= 0.3 is 0 Å². The minimum atomic E-state index is 0.615. The molecule has 64 heavy (non-hydrogen) atoms. The molecule has 0 amide bonds. The molecule has 0 fully saturated rings. The van der Waals surface area contributed by atoms with Gasteiger partial charge in [0.15, 0.2) is 17.5 Å². The number of anilines is 3. The van der Waals surface area contributed by atoms with Crippen LogP contribution in [-0.4, -0.2) is 15.0 Å². The standard InChI is InChI=1S/C59H38N4O/c1-4-15-39(16-5-1)41-33-35-48(36-34-41)63(47-21-8-3-9-22-47)53-25-14-24-50-51(38-52-49-23-12-13-26-54(49)64-56(52)55(50)53)42-28-30-44(31-29-42)58-60-57(43-18-6-2-7-19-43)61-59(62-58)46-32-27-40-17-10-11-20-45(40)37-46/h1-38H. The predicted molar refractivity (Wildman–Crippen MR) is 264 cm³/mol. The van der Waals surface area contributed by atoms with E-state index in [1.807, 2.05) is 36.4 Å². The lowest BCUT2D eigenvalue weighted by molar-refractivity contribution is 0.672. The first-order valence-corrected chi connectivity index (χ1v) is 21.5. The third kappa shape index (κ3) is 6.64. The van der Waals surface area contributed by atoms with Crippen molar-refractivity contribution in [2.45, 2.75) is 0 Å². The first-order valence-electron chi connectivity index (χ1n) is 21.5. The molecule has 0 N–H and O–H groups in total. The van der Waals surface area contributed by atoms with Crippen molar-refractivity contribution in [3.63, 3.8) is 0 Å². The maximum atomic E-state index is 6.84. The Hall–Kier alpha value is -8.67. The smallest absolute Gasteiger partial charge is 0.164 e. The van der Waals surface area contributed by atoms with E-state index in [0.717, 1.165) is 83.0 Å². The van der Waals surface area contributed by atoms with E-state index in [9.17, 15) is 0 Å². The molecule has 0 spiro atoms. The van der Waals surface area contributed by atoms with Crippen molar-refractivity contribution in [2.24, 2.45) is 0 Å². The van der Waals surface area contributed by atoms with Gasteiger partial charge in [0.25, 0.3) is 0 Å². The van der Waals surface area contributed by atoms with E-state index in [1.165, 1.54) is 16.5 Å². The van der Waals surface area contributed by atoms with Gasteiger partial charge in [0.05, 0.1) is 5.69 Å². The highest BCUT2D eigenvalue weighted by molar-refractivity contribution is 6.23. The zero-order chi connectivity index (χ0) is 42.4. The first-order chi connectivity index (χ1) is 31.7. The summed E-state index contributed by atoms with van der Waals surface area (Å²) in [7, 11) is 0. The molecule has 5 nitrogen and oxygen atoms in total. The van der Waals surface area contributed by atoms with Crippen LogP contribution >= 0.6 is 0 Å². The van der Waals surface area contributed by atoms with E-state index in [2.05, 4.69) is 199 Å². The van der Waals surface area contributed by atoms with Crippen LogP contribution in [0.3, 0.4) is 0 Å². The number of aromatic nitrogens is 3. The van der Waals surface area contributed by atoms with Gasteiger partial charge in [-0.05, 0) is 86.9 Å². The Kier molecular flexibility index (Phi) is 9.08. The van der Waals surface area contributed by atoms with E-state index in [4.69, 9.17) is 19.4 Å². The van der Waals surface area contributed by atoms with Gasteiger partial charge in [-0.1, -0.05) is 182 Å². The van der Waals surface area contributed by atoms with Crippen molar-refractivity contribution in [1.29, 1.82) is 0 Å². The molecule has 0 bridgehead atoms. The third-order valence-electron chi connectivity index (χ3n) is 12.1. The molecule has 0 aliphatic heterocycles. The maximum absolute atomic E-state index is 6.84. The number of hydrogen-bond donors (Lipinski definition) is 0. The number of fused-ring (bicyclic) bond motifs is 6. The highest BCUT2D eigenvalue weighted by Gasteiger charge is 2.23. The summed E-state index contributed by atoms with van der Waals surface area (Å²) in [5, 5.41) is 6.57. The molecular formula is C59H38N4O. The number of nitrogens with zero attached hydrogens (tertiary/aromatic N) is 4. The van der Waals surface area contributed by atoms with Gasteiger partial charge in [-0.3, -0.25) is 0 Å². The largest absolute Gasteiger partial charge is 0.455 e. The van der Waals surface area contributed by atoms with Crippen LogP contribution in [0.1, 0.15) is 0 Å². The molecule has 0 saturated carbocycles. The number of benzene rings is 10. The van der Waals surface area contributed by atoms with Crippen LogP contribution in [0.5, 0.6) is 0 Å². The number of rotatable bonds is 8. The molecule has 300 valence electrons. The topological polar surface area (TPSA) is 55.1 Å². The van der Waals surface area contributed by atoms with E-state index in [1.54, 1.807) is 0 Å². The summed E-state index contributed by atoms with van der Waals surface area (Å²) in [6.45, 7) is 0. The Bertz CT molecular complexity index is 3640. The average Bonchev–Trinajstić information content (AvgIpc) is 3.76. The fourth-order valence-corrected chi connectivity index (χ4v) is 8.96. The van der Waals surface area contributed by atoms with Gasteiger partial charge in [0.1, 0.15) is 11.2 Å². The Balaban J connectivity index is 1.02. The Morgan fingerprint density at radius 3 is 1.58 bits per heavy atom. The summed E-state index contributed by atoms with van der Waals surface area (Å²) in [6, 6.07) is 80.6. The molecule has 10 aromatic carbocycles. The van der Waals surface area contributed by atoms with Gasteiger partial charge in [0, 0.05) is 44.2 Å². The van der Waals surface area contributed by atoms with Crippen LogP contribution in [-0.2, 0) is 0 Å². The molecule has 0 aliphatic carbocycles. The fraction of sp³-hybridized carbons (Fsp3) is 0. The summed E-state index contributed by atoms with van der Waals surface area (Å²) < 4.78 is 6.84. The maximum Gasteiger partial charge on any atom is 0.164 e. The lowest BCUT2D eigenvalue weighted by atomic mass is 9.93. The van der Waals surface area contributed by atoms with Crippen molar-refractivity contribution >= 4 is 60.5 Å². The van der Waals surface area contributed by atoms with E-state index < -0.39 is 0 Å². The van der Waals surface area contributed by atoms with Crippen LogP contribution in [0, 0.1) is 0 Å². The number of para-hydroxylation sites is 2. The van der Waals surface area contributed by atoms with Gasteiger partial charge < -0.3 is 9.32 Å². The minimum absolute atomic E-state index is 0.615. The second-order valence-electron chi connectivity index (χ2n) is 16.0. The quantitative estimate of drug-likeness (QED) is 0.153. The van der Waals surface area contributed by atoms with E-state index in [0.29, 0.717) is 17.5 Å². The number of furan rings is 1. The van der Waals surface area contributed by atoms with E-state index >= 15 is 0 Å². The van der Waals surface area contributed by atoms with Crippen LogP contribution in [0.15, 0.2) is 235 Å². The van der Waals surface area contributed by atoms with Gasteiger partial charge in [-0.15, -0.1) is 0 Å². The van der Waals surface area contributed by atoms with Crippen molar-refractivity contribution in [2.75, 3.05) is 4.90 Å². The fourth-order valence-electron chi connectivity index (χ4n) is 8.96. The second kappa shape index (κ2) is 15.7. The van der Waals surface area contributed by atoms with Crippen LogP contribution in [0.25, 0.3) is 99.9 Å². The molecular weight excluding hydrogens is 781 g/mol. The van der Waals surface area contributed by atoms with Gasteiger partial charge in [0.2, 0.25) is 0 Å². The van der Waals surface area contributed by atoms with Crippen molar-refractivity contribution in [1.82, 2.24) is 15.0 Å². The molecule has 0 atom stereocenters. The highest BCUT2D eigenvalue weighted by Crippen LogP contribution is 2.47. The Morgan fingerprint density at radius 1 is 0.328 bits per heavy atom.